The SMILES string of the molecule is CCC#CC[C@@H]1C(=O)CCC[C@@H]1C. The summed E-state index contributed by atoms with van der Waals surface area (Å²) in [6.45, 7) is 4.22. The highest BCUT2D eigenvalue weighted by Crippen LogP contribution is 2.28. The van der Waals surface area contributed by atoms with Gasteiger partial charge in [0.1, 0.15) is 5.78 Å². The average Bonchev–Trinajstić information content (AvgIpc) is 2.10. The standard InChI is InChI=1S/C12H18O/c1-3-4-5-8-11-10(2)7-6-9-12(11)13/h10-11H,3,6-9H2,1-2H3/t10-,11-/m0/s1. The van der Waals surface area contributed by atoms with Crippen LogP contribution in [-0.4, -0.2) is 5.78 Å². The Morgan fingerprint density at radius 2 is 2.23 bits per heavy atom. The topological polar surface area (TPSA) is 17.1 Å². The van der Waals surface area contributed by atoms with Gasteiger partial charge in [0, 0.05) is 25.2 Å². The van der Waals surface area contributed by atoms with Crippen molar-refractivity contribution in [2.45, 2.75) is 46.0 Å². The van der Waals surface area contributed by atoms with E-state index in [1.54, 1.807) is 0 Å². The number of hydrogen-bond acceptors (Lipinski definition) is 1. The van der Waals surface area contributed by atoms with Crippen molar-refractivity contribution in [3.63, 3.8) is 0 Å². The number of hydrogen-bond donors (Lipinski definition) is 0. The van der Waals surface area contributed by atoms with E-state index in [1.165, 1.54) is 6.42 Å². The molecule has 0 radical (unpaired) electrons. The predicted molar refractivity (Wildman–Crippen MR) is 54.2 cm³/mol. The Kier molecular flexibility index (Phi) is 4.02. The van der Waals surface area contributed by atoms with Crippen LogP contribution in [0.5, 0.6) is 0 Å². The van der Waals surface area contributed by atoms with Gasteiger partial charge in [-0.2, -0.15) is 0 Å². The van der Waals surface area contributed by atoms with E-state index in [1.807, 2.05) is 6.92 Å². The van der Waals surface area contributed by atoms with Gasteiger partial charge in [0.2, 0.25) is 0 Å². The third kappa shape index (κ3) is 2.88. The molecular formula is C12H18O. The number of carbonyl (C=O) groups is 1. The number of rotatable bonds is 1. The molecule has 1 aliphatic rings. The molecular weight excluding hydrogens is 160 g/mol. The van der Waals surface area contributed by atoms with Crippen molar-refractivity contribution in [2.24, 2.45) is 11.8 Å². The van der Waals surface area contributed by atoms with Gasteiger partial charge in [0.15, 0.2) is 0 Å². The first-order chi connectivity index (χ1) is 6.25. The molecule has 0 aromatic heterocycles. The molecule has 1 heteroatoms. The van der Waals surface area contributed by atoms with Gasteiger partial charge in [0.25, 0.3) is 0 Å². The van der Waals surface area contributed by atoms with Crippen LogP contribution in [0.1, 0.15) is 46.0 Å². The lowest BCUT2D eigenvalue weighted by Gasteiger charge is -2.25. The van der Waals surface area contributed by atoms with Gasteiger partial charge in [0.05, 0.1) is 0 Å². The second-order valence-electron chi connectivity index (χ2n) is 3.85. The fourth-order valence-electron chi connectivity index (χ4n) is 1.92. The molecule has 0 aromatic rings. The molecule has 0 N–H and O–H groups in total. The summed E-state index contributed by atoms with van der Waals surface area (Å²) >= 11 is 0. The van der Waals surface area contributed by atoms with Gasteiger partial charge in [-0.3, -0.25) is 4.79 Å². The van der Waals surface area contributed by atoms with Crippen molar-refractivity contribution in [2.75, 3.05) is 0 Å². The van der Waals surface area contributed by atoms with Gasteiger partial charge in [-0.15, -0.1) is 11.8 Å². The molecule has 72 valence electrons. The molecule has 0 aliphatic heterocycles. The molecule has 0 spiro atoms. The van der Waals surface area contributed by atoms with E-state index in [0.29, 0.717) is 11.7 Å². The largest absolute Gasteiger partial charge is 0.299 e. The molecule has 2 atom stereocenters. The van der Waals surface area contributed by atoms with Crippen molar-refractivity contribution >= 4 is 5.78 Å². The van der Waals surface area contributed by atoms with Crippen molar-refractivity contribution < 1.29 is 4.79 Å². The first-order valence-corrected chi connectivity index (χ1v) is 5.24. The van der Waals surface area contributed by atoms with E-state index in [4.69, 9.17) is 0 Å². The average molecular weight is 178 g/mol. The van der Waals surface area contributed by atoms with Crippen LogP contribution in [0.2, 0.25) is 0 Å². The van der Waals surface area contributed by atoms with Crippen LogP contribution in [0.25, 0.3) is 0 Å². The molecule has 0 saturated heterocycles. The minimum absolute atomic E-state index is 0.229. The van der Waals surface area contributed by atoms with Crippen molar-refractivity contribution in [1.82, 2.24) is 0 Å². The first kappa shape index (κ1) is 10.3. The number of ketones is 1. The Balaban J connectivity index is 2.49. The zero-order valence-corrected chi connectivity index (χ0v) is 8.60. The predicted octanol–water partition coefficient (Wildman–Crippen LogP) is 2.80. The van der Waals surface area contributed by atoms with Gasteiger partial charge in [-0.05, 0) is 18.8 Å². The number of carbonyl (C=O) groups excluding carboxylic acids is 1. The molecule has 0 aromatic carbocycles. The molecule has 1 aliphatic carbocycles. The molecule has 13 heavy (non-hydrogen) atoms. The molecule has 1 saturated carbocycles. The Morgan fingerprint density at radius 3 is 2.85 bits per heavy atom. The van der Waals surface area contributed by atoms with Gasteiger partial charge in [-0.1, -0.05) is 13.8 Å². The Hall–Kier alpha value is -0.770. The monoisotopic (exact) mass is 178 g/mol. The van der Waals surface area contributed by atoms with Crippen LogP contribution >= 0.6 is 0 Å². The fourth-order valence-corrected chi connectivity index (χ4v) is 1.92. The van der Waals surface area contributed by atoms with E-state index in [-0.39, 0.29) is 5.92 Å². The quantitative estimate of drug-likeness (QED) is 0.564. The Bertz CT molecular complexity index is 231. The molecule has 1 rings (SSSR count). The summed E-state index contributed by atoms with van der Waals surface area (Å²) in [6, 6.07) is 0. The van der Waals surface area contributed by atoms with Crippen LogP contribution in [0.15, 0.2) is 0 Å². The normalized spacial score (nSPS) is 28.0. The third-order valence-electron chi connectivity index (χ3n) is 2.81. The Labute approximate surface area is 80.9 Å². The first-order valence-electron chi connectivity index (χ1n) is 5.24. The summed E-state index contributed by atoms with van der Waals surface area (Å²) in [5, 5.41) is 0. The zero-order valence-electron chi connectivity index (χ0n) is 8.60. The summed E-state index contributed by atoms with van der Waals surface area (Å²) in [5.41, 5.74) is 0. The van der Waals surface area contributed by atoms with Crippen LogP contribution in [0.4, 0.5) is 0 Å². The molecule has 0 unspecified atom stereocenters. The molecule has 1 fully saturated rings. The fraction of sp³-hybridized carbons (Fsp3) is 0.750. The van der Waals surface area contributed by atoms with Crippen molar-refractivity contribution in [1.29, 1.82) is 0 Å². The van der Waals surface area contributed by atoms with E-state index < -0.39 is 0 Å². The van der Waals surface area contributed by atoms with Crippen molar-refractivity contribution in [3.05, 3.63) is 0 Å². The molecule has 1 nitrogen and oxygen atoms in total. The Morgan fingerprint density at radius 1 is 1.46 bits per heavy atom. The highest BCUT2D eigenvalue weighted by atomic mass is 16.1. The minimum atomic E-state index is 0.229. The maximum atomic E-state index is 11.5. The van der Waals surface area contributed by atoms with E-state index in [0.717, 1.165) is 25.7 Å². The smallest absolute Gasteiger partial charge is 0.137 e. The molecule has 0 heterocycles. The van der Waals surface area contributed by atoms with E-state index >= 15 is 0 Å². The minimum Gasteiger partial charge on any atom is -0.299 e. The van der Waals surface area contributed by atoms with Crippen LogP contribution in [0, 0.1) is 23.7 Å². The van der Waals surface area contributed by atoms with Crippen molar-refractivity contribution in [3.8, 4) is 11.8 Å². The second-order valence-corrected chi connectivity index (χ2v) is 3.85. The lowest BCUT2D eigenvalue weighted by Crippen LogP contribution is -2.26. The lowest BCUT2D eigenvalue weighted by molar-refractivity contribution is -0.126. The summed E-state index contributed by atoms with van der Waals surface area (Å²) in [5.74, 6) is 7.34. The summed E-state index contributed by atoms with van der Waals surface area (Å²) < 4.78 is 0. The van der Waals surface area contributed by atoms with Gasteiger partial charge >= 0.3 is 0 Å². The summed E-state index contributed by atoms with van der Waals surface area (Å²) in [7, 11) is 0. The van der Waals surface area contributed by atoms with E-state index in [9.17, 15) is 4.79 Å². The second kappa shape index (κ2) is 5.07. The maximum absolute atomic E-state index is 11.5. The van der Waals surface area contributed by atoms with Gasteiger partial charge < -0.3 is 0 Å². The molecule has 0 amide bonds. The lowest BCUT2D eigenvalue weighted by atomic mass is 9.78. The van der Waals surface area contributed by atoms with Crippen LogP contribution in [-0.2, 0) is 4.79 Å². The zero-order chi connectivity index (χ0) is 9.68. The third-order valence-corrected chi connectivity index (χ3v) is 2.81. The highest BCUT2D eigenvalue weighted by molar-refractivity contribution is 5.82. The van der Waals surface area contributed by atoms with E-state index in [2.05, 4.69) is 18.8 Å². The summed E-state index contributed by atoms with van der Waals surface area (Å²) in [4.78, 5) is 11.5. The van der Waals surface area contributed by atoms with Gasteiger partial charge in [-0.25, -0.2) is 0 Å². The summed E-state index contributed by atoms with van der Waals surface area (Å²) in [6.07, 6.45) is 4.74. The molecule has 0 bridgehead atoms. The van der Waals surface area contributed by atoms with Crippen LogP contribution < -0.4 is 0 Å². The number of Topliss-reactive ketones (excluding diaryl/α,β-unsaturated/α-hetero) is 1. The van der Waals surface area contributed by atoms with Crippen LogP contribution in [0.3, 0.4) is 0 Å². The maximum Gasteiger partial charge on any atom is 0.137 e. The highest BCUT2D eigenvalue weighted by Gasteiger charge is 2.27.